The maximum Gasteiger partial charge on any atom is 0.339 e. The Morgan fingerprint density at radius 2 is 2.06 bits per heavy atom. The van der Waals surface area contributed by atoms with Crippen molar-refractivity contribution < 1.29 is 19.4 Å². The van der Waals surface area contributed by atoms with E-state index in [1.54, 1.807) is 13.0 Å². The maximum atomic E-state index is 11.5. The van der Waals surface area contributed by atoms with Gasteiger partial charge in [0.05, 0.1) is 13.7 Å². The number of aliphatic hydroxyl groups is 1. The Kier molecular flexibility index (Phi) is 4.52. The molecular formula is C13H18O4. The summed E-state index contributed by atoms with van der Waals surface area (Å²) in [7, 11) is 1.51. The van der Waals surface area contributed by atoms with Gasteiger partial charge in [-0.1, -0.05) is 6.07 Å². The largest absolute Gasteiger partial charge is 0.496 e. The molecule has 17 heavy (non-hydrogen) atoms. The zero-order valence-corrected chi connectivity index (χ0v) is 10.6. The van der Waals surface area contributed by atoms with Gasteiger partial charge in [0.25, 0.3) is 0 Å². The van der Waals surface area contributed by atoms with Crippen LogP contribution in [0.4, 0.5) is 0 Å². The Morgan fingerprint density at radius 1 is 1.41 bits per heavy atom. The summed E-state index contributed by atoms with van der Waals surface area (Å²) in [6.07, 6.45) is -1.30. The normalized spacial score (nSPS) is 12.1. The summed E-state index contributed by atoms with van der Waals surface area (Å²) in [5.74, 6) is -0.159. The molecule has 1 rings (SSSR count). The number of carbonyl (C=O) groups excluding carboxylic acids is 1. The van der Waals surface area contributed by atoms with Gasteiger partial charge in [0.15, 0.2) is 6.10 Å². The fraction of sp³-hybridized carbons (Fsp3) is 0.462. The topological polar surface area (TPSA) is 55.8 Å². The third-order valence-corrected chi connectivity index (χ3v) is 2.75. The number of methoxy groups -OCH3 is 1. The predicted octanol–water partition coefficient (Wildman–Crippen LogP) is 1.91. The molecule has 0 aromatic heterocycles. The van der Waals surface area contributed by atoms with Crippen molar-refractivity contribution in [2.75, 3.05) is 13.7 Å². The molecule has 1 atom stereocenters. The van der Waals surface area contributed by atoms with Gasteiger partial charge < -0.3 is 14.6 Å². The lowest BCUT2D eigenvalue weighted by molar-refractivity contribution is -0.153. The second kappa shape index (κ2) is 5.68. The smallest absolute Gasteiger partial charge is 0.339 e. The Labute approximate surface area is 101 Å². The van der Waals surface area contributed by atoms with Gasteiger partial charge in [-0.05, 0) is 38.0 Å². The number of hydrogen-bond acceptors (Lipinski definition) is 4. The van der Waals surface area contributed by atoms with Crippen LogP contribution in [0.25, 0.3) is 0 Å². The van der Waals surface area contributed by atoms with E-state index in [1.165, 1.54) is 7.11 Å². The third-order valence-electron chi connectivity index (χ3n) is 2.75. The number of carbonyl (C=O) groups is 1. The number of aliphatic hydroxyl groups excluding tert-OH is 1. The average Bonchev–Trinajstić information content (AvgIpc) is 2.32. The van der Waals surface area contributed by atoms with Gasteiger partial charge in [0.2, 0.25) is 0 Å². The number of hydrogen-bond donors (Lipinski definition) is 1. The molecular weight excluding hydrogens is 220 g/mol. The van der Waals surface area contributed by atoms with Crippen LogP contribution in [-0.4, -0.2) is 24.8 Å². The zero-order chi connectivity index (χ0) is 13.0. The van der Waals surface area contributed by atoms with Crippen LogP contribution in [0.5, 0.6) is 5.75 Å². The lowest BCUT2D eigenvalue weighted by atomic mass is 9.98. The molecule has 1 unspecified atom stereocenters. The summed E-state index contributed by atoms with van der Waals surface area (Å²) in [5, 5.41) is 9.98. The highest BCUT2D eigenvalue weighted by Gasteiger charge is 2.25. The van der Waals surface area contributed by atoms with E-state index < -0.39 is 12.1 Å². The fourth-order valence-electron chi connectivity index (χ4n) is 1.67. The van der Waals surface area contributed by atoms with E-state index in [0.717, 1.165) is 11.1 Å². The molecule has 0 amide bonds. The highest BCUT2D eigenvalue weighted by atomic mass is 16.5. The molecule has 0 heterocycles. The van der Waals surface area contributed by atoms with Crippen molar-refractivity contribution in [3.8, 4) is 5.75 Å². The molecule has 0 aliphatic heterocycles. The Hall–Kier alpha value is -1.55. The van der Waals surface area contributed by atoms with Crippen molar-refractivity contribution in [2.45, 2.75) is 26.9 Å². The summed E-state index contributed by atoms with van der Waals surface area (Å²) in [4.78, 5) is 11.5. The minimum atomic E-state index is -1.30. The van der Waals surface area contributed by atoms with Crippen LogP contribution in [0.3, 0.4) is 0 Å². The number of benzene rings is 1. The summed E-state index contributed by atoms with van der Waals surface area (Å²) in [5.41, 5.74) is 2.31. The van der Waals surface area contributed by atoms with E-state index in [0.29, 0.717) is 11.3 Å². The Balaban J connectivity index is 3.19. The maximum absolute atomic E-state index is 11.5. The van der Waals surface area contributed by atoms with Crippen molar-refractivity contribution in [1.29, 1.82) is 0 Å². The van der Waals surface area contributed by atoms with E-state index in [1.807, 2.05) is 19.9 Å². The van der Waals surface area contributed by atoms with Gasteiger partial charge in [0, 0.05) is 5.56 Å². The Bertz CT molecular complexity index is 412. The molecule has 0 saturated heterocycles. The molecule has 0 radical (unpaired) electrons. The van der Waals surface area contributed by atoms with Crippen LogP contribution in [0.1, 0.15) is 29.7 Å². The lowest BCUT2D eigenvalue weighted by Crippen LogP contribution is -2.17. The number of esters is 1. The van der Waals surface area contributed by atoms with Gasteiger partial charge in [-0.3, -0.25) is 0 Å². The first-order valence-electron chi connectivity index (χ1n) is 5.51. The van der Waals surface area contributed by atoms with Crippen LogP contribution in [-0.2, 0) is 9.53 Å². The van der Waals surface area contributed by atoms with E-state index in [9.17, 15) is 9.90 Å². The molecule has 1 aromatic carbocycles. The molecule has 0 fully saturated rings. The molecule has 0 bridgehead atoms. The quantitative estimate of drug-likeness (QED) is 0.814. The summed E-state index contributed by atoms with van der Waals surface area (Å²) in [6.45, 7) is 5.69. The third kappa shape index (κ3) is 2.77. The molecule has 0 spiro atoms. The average molecular weight is 238 g/mol. The van der Waals surface area contributed by atoms with Crippen molar-refractivity contribution in [3.05, 3.63) is 28.8 Å². The fourth-order valence-corrected chi connectivity index (χ4v) is 1.67. The first-order valence-corrected chi connectivity index (χ1v) is 5.51. The van der Waals surface area contributed by atoms with Gasteiger partial charge in [0.1, 0.15) is 5.75 Å². The standard InChI is InChI=1S/C13H18O4/c1-5-17-13(15)12(14)11-9(3)8(2)6-7-10(11)16-4/h6-7,12,14H,5H2,1-4H3. The first-order chi connectivity index (χ1) is 8.02. The van der Waals surface area contributed by atoms with Crippen molar-refractivity contribution in [2.24, 2.45) is 0 Å². The first kappa shape index (κ1) is 13.5. The van der Waals surface area contributed by atoms with E-state index in [2.05, 4.69) is 0 Å². The van der Waals surface area contributed by atoms with Gasteiger partial charge in [-0.2, -0.15) is 0 Å². The second-order valence-electron chi connectivity index (χ2n) is 3.78. The highest BCUT2D eigenvalue weighted by molar-refractivity contribution is 5.78. The molecule has 0 aliphatic rings. The molecule has 94 valence electrons. The molecule has 1 aromatic rings. The summed E-state index contributed by atoms with van der Waals surface area (Å²) in [6, 6.07) is 3.62. The lowest BCUT2D eigenvalue weighted by Gasteiger charge is -2.17. The van der Waals surface area contributed by atoms with E-state index in [-0.39, 0.29) is 6.61 Å². The minimum absolute atomic E-state index is 0.239. The highest BCUT2D eigenvalue weighted by Crippen LogP contribution is 2.31. The number of ether oxygens (including phenoxy) is 2. The molecule has 0 saturated carbocycles. The van der Waals surface area contributed by atoms with Crippen molar-refractivity contribution >= 4 is 5.97 Å². The van der Waals surface area contributed by atoms with Gasteiger partial charge in [-0.15, -0.1) is 0 Å². The van der Waals surface area contributed by atoms with Crippen LogP contribution < -0.4 is 4.74 Å². The molecule has 4 nitrogen and oxygen atoms in total. The van der Waals surface area contributed by atoms with Crippen LogP contribution in [0.15, 0.2) is 12.1 Å². The van der Waals surface area contributed by atoms with Crippen LogP contribution >= 0.6 is 0 Å². The molecule has 0 aliphatic carbocycles. The summed E-state index contributed by atoms with van der Waals surface area (Å²) >= 11 is 0. The SMILES string of the molecule is CCOC(=O)C(O)c1c(OC)ccc(C)c1C. The predicted molar refractivity (Wildman–Crippen MR) is 64.1 cm³/mol. The second-order valence-corrected chi connectivity index (χ2v) is 3.78. The van der Waals surface area contributed by atoms with E-state index in [4.69, 9.17) is 9.47 Å². The van der Waals surface area contributed by atoms with Gasteiger partial charge >= 0.3 is 5.97 Å². The molecule has 1 N–H and O–H groups in total. The molecule has 4 heteroatoms. The monoisotopic (exact) mass is 238 g/mol. The van der Waals surface area contributed by atoms with Gasteiger partial charge in [-0.25, -0.2) is 4.79 Å². The van der Waals surface area contributed by atoms with Crippen LogP contribution in [0.2, 0.25) is 0 Å². The number of rotatable bonds is 4. The van der Waals surface area contributed by atoms with E-state index >= 15 is 0 Å². The van der Waals surface area contributed by atoms with Crippen molar-refractivity contribution in [1.82, 2.24) is 0 Å². The minimum Gasteiger partial charge on any atom is -0.496 e. The van der Waals surface area contributed by atoms with Crippen molar-refractivity contribution in [3.63, 3.8) is 0 Å². The van der Waals surface area contributed by atoms with Crippen LogP contribution in [0, 0.1) is 13.8 Å². The zero-order valence-electron chi connectivity index (χ0n) is 10.6. The number of aryl methyl sites for hydroxylation is 1. The summed E-state index contributed by atoms with van der Waals surface area (Å²) < 4.78 is 9.97. The Morgan fingerprint density at radius 3 is 2.59 bits per heavy atom.